The number of rotatable bonds is 4. The van der Waals surface area contributed by atoms with E-state index in [1.54, 1.807) is 0 Å². The van der Waals surface area contributed by atoms with E-state index in [4.69, 9.17) is 0 Å². The lowest BCUT2D eigenvalue weighted by atomic mass is 9.86. The summed E-state index contributed by atoms with van der Waals surface area (Å²) in [5.41, 5.74) is 0.924. The lowest BCUT2D eigenvalue weighted by Crippen LogP contribution is -2.36. The number of benzene rings is 2. The van der Waals surface area contributed by atoms with Crippen molar-refractivity contribution in [3.63, 3.8) is 0 Å². The second-order valence-electron chi connectivity index (χ2n) is 8.35. The van der Waals surface area contributed by atoms with Crippen LogP contribution in [0.1, 0.15) is 40.2 Å². The first-order chi connectivity index (χ1) is 12.3. The Morgan fingerprint density at radius 1 is 0.885 bits per heavy atom. The van der Waals surface area contributed by atoms with Crippen LogP contribution in [0.3, 0.4) is 0 Å². The number of allylic oxidation sites excluding steroid dienone is 4. The lowest BCUT2D eigenvalue weighted by Gasteiger charge is -2.40. The van der Waals surface area contributed by atoms with Gasteiger partial charge in [-0.05, 0) is 30.1 Å². The van der Waals surface area contributed by atoms with Gasteiger partial charge in [0.05, 0.1) is 0 Å². The third-order valence-electron chi connectivity index (χ3n) is 5.23. The Balaban J connectivity index is 2.27. The maximum atomic E-state index is 11.3. The van der Waals surface area contributed by atoms with Crippen molar-refractivity contribution in [2.75, 3.05) is 0 Å². The van der Waals surface area contributed by atoms with Crippen molar-refractivity contribution in [3.05, 3.63) is 78.4 Å². The highest BCUT2D eigenvalue weighted by Crippen LogP contribution is 2.57. The van der Waals surface area contributed by atoms with Crippen LogP contribution < -0.4 is 10.6 Å². The smallest absolute Gasteiger partial charge is 0.127 e. The summed E-state index contributed by atoms with van der Waals surface area (Å²) >= 11 is 0. The molecule has 1 N–H and O–H groups in total. The van der Waals surface area contributed by atoms with Crippen molar-refractivity contribution in [2.24, 2.45) is 5.92 Å². The molecular formula is C24H29OP. The minimum atomic E-state index is -0.784. The Morgan fingerprint density at radius 2 is 1.50 bits per heavy atom. The fourth-order valence-corrected chi connectivity index (χ4v) is 6.90. The summed E-state index contributed by atoms with van der Waals surface area (Å²) in [4.78, 5) is 0. The molecule has 1 nitrogen and oxygen atoms in total. The van der Waals surface area contributed by atoms with E-state index in [2.05, 4.69) is 107 Å². The SMILES string of the molecule is CC(C)C1(P(c2ccccc2)c2cccc(C(C)(C)C)c2O)C=CC=C1. The van der Waals surface area contributed by atoms with Gasteiger partial charge in [-0.3, -0.25) is 0 Å². The topological polar surface area (TPSA) is 20.2 Å². The maximum absolute atomic E-state index is 11.3. The number of phenols is 1. The fraction of sp³-hybridized carbons (Fsp3) is 0.333. The molecule has 26 heavy (non-hydrogen) atoms. The molecule has 2 aromatic rings. The molecule has 3 rings (SSSR count). The second-order valence-corrected chi connectivity index (χ2v) is 10.8. The van der Waals surface area contributed by atoms with Gasteiger partial charge in [0.15, 0.2) is 0 Å². The minimum Gasteiger partial charge on any atom is -0.507 e. The van der Waals surface area contributed by atoms with E-state index in [1.807, 2.05) is 0 Å². The van der Waals surface area contributed by atoms with Crippen LogP contribution in [0.2, 0.25) is 0 Å². The largest absolute Gasteiger partial charge is 0.507 e. The van der Waals surface area contributed by atoms with Crippen LogP contribution in [0.25, 0.3) is 0 Å². The van der Waals surface area contributed by atoms with E-state index >= 15 is 0 Å². The molecule has 136 valence electrons. The van der Waals surface area contributed by atoms with E-state index in [1.165, 1.54) is 5.30 Å². The first-order valence-electron chi connectivity index (χ1n) is 9.32. The summed E-state index contributed by atoms with van der Waals surface area (Å²) in [6.45, 7) is 11.0. The molecule has 0 aromatic heterocycles. The Morgan fingerprint density at radius 3 is 2.04 bits per heavy atom. The van der Waals surface area contributed by atoms with E-state index in [0.717, 1.165) is 10.9 Å². The second kappa shape index (κ2) is 7.05. The zero-order chi connectivity index (χ0) is 18.9. The molecule has 0 amide bonds. The highest BCUT2D eigenvalue weighted by molar-refractivity contribution is 7.75. The maximum Gasteiger partial charge on any atom is 0.127 e. The Kier molecular flexibility index (Phi) is 5.13. The number of para-hydroxylation sites is 1. The monoisotopic (exact) mass is 364 g/mol. The summed E-state index contributed by atoms with van der Waals surface area (Å²) in [6.07, 6.45) is 8.98. The van der Waals surface area contributed by atoms with Crippen LogP contribution in [-0.2, 0) is 5.41 Å². The average Bonchev–Trinajstić information content (AvgIpc) is 3.07. The molecule has 2 heteroatoms. The van der Waals surface area contributed by atoms with Gasteiger partial charge in [-0.1, -0.05) is 107 Å². The van der Waals surface area contributed by atoms with E-state index in [-0.39, 0.29) is 10.6 Å². The first kappa shape index (κ1) is 18.9. The molecule has 0 spiro atoms. The number of hydrogen-bond acceptors (Lipinski definition) is 1. The summed E-state index contributed by atoms with van der Waals surface area (Å²) in [6, 6.07) is 17.0. The molecule has 1 atom stereocenters. The molecule has 0 saturated carbocycles. The average molecular weight is 364 g/mol. The van der Waals surface area contributed by atoms with E-state index in [0.29, 0.717) is 11.7 Å². The molecule has 0 aliphatic heterocycles. The van der Waals surface area contributed by atoms with Gasteiger partial charge in [0.25, 0.3) is 0 Å². The van der Waals surface area contributed by atoms with Crippen molar-refractivity contribution < 1.29 is 5.11 Å². The zero-order valence-corrected chi connectivity index (χ0v) is 17.3. The Labute approximate surface area is 159 Å². The minimum absolute atomic E-state index is 0.0787. The van der Waals surface area contributed by atoms with E-state index in [9.17, 15) is 5.11 Å². The molecule has 0 fully saturated rings. The molecule has 1 aliphatic rings. The normalized spacial score (nSPS) is 17.0. The molecular weight excluding hydrogens is 335 g/mol. The third-order valence-corrected chi connectivity index (χ3v) is 8.47. The highest BCUT2D eigenvalue weighted by atomic mass is 31.1. The zero-order valence-electron chi connectivity index (χ0n) is 16.4. The summed E-state index contributed by atoms with van der Waals surface area (Å²) in [5, 5.41) is 13.6. The molecule has 0 radical (unpaired) electrons. The lowest BCUT2D eigenvalue weighted by molar-refractivity contribution is 0.450. The predicted molar refractivity (Wildman–Crippen MR) is 115 cm³/mol. The number of aromatic hydroxyl groups is 1. The van der Waals surface area contributed by atoms with Crippen LogP contribution in [0.4, 0.5) is 0 Å². The van der Waals surface area contributed by atoms with Gasteiger partial charge in [0.1, 0.15) is 5.75 Å². The Bertz CT molecular complexity index is 813. The standard InChI is InChI=1S/C24H29OP/c1-18(2)24(16-9-10-17-24)26(19-12-7-6-8-13-19)21-15-11-14-20(22(21)25)23(3,4)5/h6-18,25H,1-5H3. The highest BCUT2D eigenvalue weighted by Gasteiger charge is 2.42. The first-order valence-corrected chi connectivity index (χ1v) is 10.7. The quantitative estimate of drug-likeness (QED) is 0.696. The summed E-state index contributed by atoms with van der Waals surface area (Å²) < 4.78 is 0. The molecule has 0 bridgehead atoms. The van der Waals surface area contributed by atoms with Gasteiger partial charge in [-0.15, -0.1) is 0 Å². The van der Waals surface area contributed by atoms with Gasteiger partial charge in [-0.2, -0.15) is 0 Å². The Hall–Kier alpha value is -1.85. The summed E-state index contributed by atoms with van der Waals surface area (Å²) in [7, 11) is -0.784. The van der Waals surface area contributed by atoms with Gasteiger partial charge < -0.3 is 5.11 Å². The molecule has 1 aliphatic carbocycles. The molecule has 2 aromatic carbocycles. The van der Waals surface area contributed by atoms with Crippen molar-refractivity contribution >= 4 is 18.5 Å². The van der Waals surface area contributed by atoms with Crippen LogP contribution in [0, 0.1) is 5.92 Å². The number of phenolic OH excluding ortho intramolecular Hbond substituents is 1. The van der Waals surface area contributed by atoms with Gasteiger partial charge >= 0.3 is 0 Å². The molecule has 0 saturated heterocycles. The fourth-order valence-electron chi connectivity index (χ4n) is 3.73. The van der Waals surface area contributed by atoms with Crippen molar-refractivity contribution in [3.8, 4) is 5.75 Å². The van der Waals surface area contributed by atoms with Crippen molar-refractivity contribution in [2.45, 2.75) is 45.2 Å². The van der Waals surface area contributed by atoms with Crippen molar-refractivity contribution in [1.29, 1.82) is 0 Å². The van der Waals surface area contributed by atoms with Crippen LogP contribution in [-0.4, -0.2) is 10.3 Å². The third kappa shape index (κ3) is 3.26. The summed E-state index contributed by atoms with van der Waals surface area (Å²) in [5.74, 6) is 0.894. The van der Waals surface area contributed by atoms with Gasteiger partial charge in [0, 0.05) is 10.5 Å². The van der Waals surface area contributed by atoms with Crippen molar-refractivity contribution in [1.82, 2.24) is 0 Å². The van der Waals surface area contributed by atoms with Crippen LogP contribution >= 0.6 is 7.92 Å². The molecule has 1 unspecified atom stereocenters. The number of hydrogen-bond donors (Lipinski definition) is 1. The molecule has 0 heterocycles. The predicted octanol–water partition coefficient (Wildman–Crippen LogP) is 5.64. The van der Waals surface area contributed by atoms with Crippen LogP contribution in [0.5, 0.6) is 5.75 Å². The van der Waals surface area contributed by atoms with E-state index < -0.39 is 7.92 Å². The van der Waals surface area contributed by atoms with Gasteiger partial charge in [0.2, 0.25) is 0 Å². The van der Waals surface area contributed by atoms with Gasteiger partial charge in [-0.25, -0.2) is 0 Å². The van der Waals surface area contributed by atoms with Crippen LogP contribution in [0.15, 0.2) is 72.8 Å².